The Morgan fingerprint density at radius 1 is 1.00 bits per heavy atom. The lowest BCUT2D eigenvalue weighted by Crippen LogP contribution is -2.24. The summed E-state index contributed by atoms with van der Waals surface area (Å²) in [6.07, 6.45) is 3.38. The molecular weight excluding hydrogens is 536 g/mol. The van der Waals surface area contributed by atoms with Gasteiger partial charge in [0.2, 0.25) is 12.7 Å². The fourth-order valence-corrected chi connectivity index (χ4v) is 7.01. The zero-order valence-corrected chi connectivity index (χ0v) is 21.9. The first-order chi connectivity index (χ1) is 17.7. The lowest BCUT2D eigenvalue weighted by atomic mass is 9.90. The highest BCUT2D eigenvalue weighted by Gasteiger charge is 2.31. The van der Waals surface area contributed by atoms with Gasteiger partial charge in [0.05, 0.1) is 26.7 Å². The van der Waals surface area contributed by atoms with Crippen LogP contribution in [-0.4, -0.2) is 43.2 Å². The molecule has 13 heteroatoms. The molecule has 0 radical (unpaired) electrons. The van der Waals surface area contributed by atoms with E-state index in [-0.39, 0.29) is 23.5 Å². The molecule has 2 aliphatic rings. The first-order valence-electron chi connectivity index (χ1n) is 11.4. The number of thiazole rings is 2. The molecule has 1 unspecified atom stereocenters. The van der Waals surface area contributed by atoms with Gasteiger partial charge in [-0.15, -0.1) is 11.3 Å². The molecule has 0 fully saturated rings. The Bertz CT molecular complexity index is 1680. The molecule has 3 heterocycles. The van der Waals surface area contributed by atoms with E-state index in [0.29, 0.717) is 49.7 Å². The van der Waals surface area contributed by atoms with Gasteiger partial charge in [-0.2, -0.15) is 0 Å². The van der Waals surface area contributed by atoms with E-state index in [2.05, 4.69) is 20.6 Å². The maximum atomic E-state index is 13.2. The Kier molecular flexibility index (Phi) is 5.85. The molecule has 1 atom stereocenters. The number of carbonyl (C=O) groups is 2. The average Bonchev–Trinajstić information content (AvgIpc) is 3.59. The summed E-state index contributed by atoms with van der Waals surface area (Å²) in [5, 5.41) is 6.53. The highest BCUT2D eigenvalue weighted by atomic mass is 32.2. The SMILES string of the molecule is CS(=O)(=O)c1ccc2nc(NC(=O)C3CCCc4sc(NC(=O)c5ccc6c(c5)OCO6)nc43)sc2c1. The Hall–Kier alpha value is -3.55. The van der Waals surface area contributed by atoms with E-state index >= 15 is 0 Å². The second kappa shape index (κ2) is 9.08. The molecule has 0 spiro atoms. The number of aryl methyl sites for hydroxylation is 1. The molecule has 0 saturated carbocycles. The predicted octanol–water partition coefficient (Wildman–Crippen LogP) is 4.20. The van der Waals surface area contributed by atoms with Crippen molar-refractivity contribution in [1.29, 1.82) is 0 Å². The fraction of sp³-hybridized carbons (Fsp3) is 0.250. The molecule has 6 rings (SSSR count). The van der Waals surface area contributed by atoms with Crippen LogP contribution in [0.1, 0.15) is 39.7 Å². The van der Waals surface area contributed by atoms with Crippen molar-refractivity contribution < 1.29 is 27.5 Å². The summed E-state index contributed by atoms with van der Waals surface area (Å²) in [6.45, 7) is 0.127. The molecule has 0 saturated heterocycles. The van der Waals surface area contributed by atoms with Gasteiger partial charge in [0.1, 0.15) is 0 Å². The van der Waals surface area contributed by atoms with Gasteiger partial charge in [-0.05, 0) is 55.7 Å². The normalized spacial score (nSPS) is 16.4. The molecule has 37 heavy (non-hydrogen) atoms. The number of anilines is 2. The van der Waals surface area contributed by atoms with Crippen molar-refractivity contribution in [2.45, 2.75) is 30.1 Å². The van der Waals surface area contributed by atoms with Crippen LogP contribution in [0.15, 0.2) is 41.3 Å². The smallest absolute Gasteiger partial charge is 0.257 e. The molecule has 2 amide bonds. The average molecular weight is 557 g/mol. The first-order valence-corrected chi connectivity index (χ1v) is 14.9. The van der Waals surface area contributed by atoms with Crippen LogP contribution in [0.3, 0.4) is 0 Å². The number of rotatable bonds is 5. The first kappa shape index (κ1) is 23.8. The third kappa shape index (κ3) is 4.65. The zero-order valence-electron chi connectivity index (χ0n) is 19.4. The second-order valence-electron chi connectivity index (χ2n) is 8.70. The summed E-state index contributed by atoms with van der Waals surface area (Å²) < 4.78 is 35.0. The molecule has 1 aliphatic carbocycles. The van der Waals surface area contributed by atoms with Crippen molar-refractivity contribution in [2.24, 2.45) is 0 Å². The highest BCUT2D eigenvalue weighted by Crippen LogP contribution is 2.38. The van der Waals surface area contributed by atoms with Gasteiger partial charge in [0.25, 0.3) is 5.91 Å². The number of nitrogens with one attached hydrogen (secondary N) is 2. The minimum absolute atomic E-state index is 0.127. The van der Waals surface area contributed by atoms with Crippen molar-refractivity contribution in [3.63, 3.8) is 0 Å². The number of hydrogen-bond acceptors (Lipinski definition) is 10. The number of carbonyl (C=O) groups excluding carboxylic acids is 2. The standard InChI is InChI=1S/C24H20N4O6S3/c1-37(31,32)13-6-7-15-19(10-13)36-23(25-15)28-22(30)14-3-2-4-18-20(14)26-24(35-18)27-21(29)12-5-8-16-17(9-12)34-11-33-16/h5-10,14H,2-4,11H2,1H3,(H,25,28,30)(H,26,27,29). The molecule has 10 nitrogen and oxygen atoms in total. The third-order valence-corrected chi connectivity index (χ3v) is 9.23. The van der Waals surface area contributed by atoms with Crippen LogP contribution in [0.2, 0.25) is 0 Å². The zero-order chi connectivity index (χ0) is 25.7. The molecule has 2 N–H and O–H groups in total. The van der Waals surface area contributed by atoms with Crippen molar-refractivity contribution in [3.8, 4) is 11.5 Å². The number of benzene rings is 2. The van der Waals surface area contributed by atoms with Crippen LogP contribution < -0.4 is 20.1 Å². The van der Waals surface area contributed by atoms with E-state index in [1.165, 1.54) is 28.7 Å². The Balaban J connectivity index is 1.19. The number of sulfone groups is 1. The highest BCUT2D eigenvalue weighted by molar-refractivity contribution is 7.90. The summed E-state index contributed by atoms with van der Waals surface area (Å²) in [7, 11) is -3.34. The topological polar surface area (TPSA) is 137 Å². The maximum Gasteiger partial charge on any atom is 0.257 e. The minimum Gasteiger partial charge on any atom is -0.454 e. The molecule has 1 aliphatic heterocycles. The summed E-state index contributed by atoms with van der Waals surface area (Å²) in [5.41, 5.74) is 1.69. The number of aromatic nitrogens is 2. The predicted molar refractivity (Wildman–Crippen MR) is 140 cm³/mol. The van der Waals surface area contributed by atoms with Crippen LogP contribution in [0.25, 0.3) is 10.2 Å². The maximum absolute atomic E-state index is 13.2. The quantitative estimate of drug-likeness (QED) is 0.373. The van der Waals surface area contributed by atoms with E-state index in [9.17, 15) is 18.0 Å². The van der Waals surface area contributed by atoms with Crippen molar-refractivity contribution in [3.05, 3.63) is 52.5 Å². The van der Waals surface area contributed by atoms with Crippen LogP contribution >= 0.6 is 22.7 Å². The number of nitrogens with zero attached hydrogens (tertiary/aromatic N) is 2. The molecular formula is C24H20N4O6S3. The van der Waals surface area contributed by atoms with Gasteiger partial charge < -0.3 is 14.8 Å². The van der Waals surface area contributed by atoms with Crippen LogP contribution in [0.4, 0.5) is 10.3 Å². The van der Waals surface area contributed by atoms with Crippen LogP contribution in [0, 0.1) is 0 Å². The number of amides is 2. The third-order valence-electron chi connectivity index (χ3n) is 6.14. The van der Waals surface area contributed by atoms with E-state index in [1.807, 2.05) is 0 Å². The number of fused-ring (bicyclic) bond motifs is 3. The van der Waals surface area contributed by atoms with E-state index < -0.39 is 15.8 Å². The Morgan fingerprint density at radius 2 is 1.81 bits per heavy atom. The lowest BCUT2D eigenvalue weighted by molar-refractivity contribution is -0.117. The lowest BCUT2D eigenvalue weighted by Gasteiger charge is -2.19. The van der Waals surface area contributed by atoms with E-state index in [0.717, 1.165) is 24.0 Å². The van der Waals surface area contributed by atoms with Gasteiger partial charge in [0, 0.05) is 16.7 Å². The van der Waals surface area contributed by atoms with Crippen LogP contribution in [-0.2, 0) is 21.1 Å². The van der Waals surface area contributed by atoms with Gasteiger partial charge >= 0.3 is 0 Å². The van der Waals surface area contributed by atoms with E-state index in [4.69, 9.17) is 9.47 Å². The minimum atomic E-state index is -3.34. The monoisotopic (exact) mass is 556 g/mol. The van der Waals surface area contributed by atoms with E-state index in [1.54, 1.807) is 30.3 Å². The van der Waals surface area contributed by atoms with Crippen LogP contribution in [0.5, 0.6) is 11.5 Å². The summed E-state index contributed by atoms with van der Waals surface area (Å²) >= 11 is 2.59. The Morgan fingerprint density at radius 3 is 2.65 bits per heavy atom. The van der Waals surface area contributed by atoms with Gasteiger partial charge in [-0.25, -0.2) is 18.4 Å². The Labute approximate surface area is 219 Å². The molecule has 2 aromatic carbocycles. The largest absolute Gasteiger partial charge is 0.454 e. The molecule has 0 bridgehead atoms. The van der Waals surface area contributed by atoms with Gasteiger partial charge in [-0.3, -0.25) is 14.9 Å². The molecule has 190 valence electrons. The van der Waals surface area contributed by atoms with Gasteiger partial charge in [0.15, 0.2) is 31.6 Å². The van der Waals surface area contributed by atoms with Crippen molar-refractivity contribution in [1.82, 2.24) is 9.97 Å². The van der Waals surface area contributed by atoms with Gasteiger partial charge in [-0.1, -0.05) is 11.3 Å². The molecule has 4 aromatic rings. The second-order valence-corrected chi connectivity index (χ2v) is 12.8. The summed E-state index contributed by atoms with van der Waals surface area (Å²) in [4.78, 5) is 36.2. The summed E-state index contributed by atoms with van der Waals surface area (Å²) in [5.74, 6) is 0.0784. The van der Waals surface area contributed by atoms with Crippen molar-refractivity contribution >= 4 is 64.8 Å². The number of hydrogen-bond donors (Lipinski definition) is 2. The molecule has 2 aromatic heterocycles. The fourth-order valence-electron chi connectivity index (χ4n) is 4.32. The summed E-state index contributed by atoms with van der Waals surface area (Å²) in [6, 6.07) is 9.67. The van der Waals surface area contributed by atoms with Crippen molar-refractivity contribution in [2.75, 3.05) is 23.7 Å². The number of ether oxygens (including phenoxy) is 2.